The number of carbonyl (C=O) groups excluding carboxylic acids is 1. The Labute approximate surface area is 169 Å². The molecule has 1 atom stereocenters. The van der Waals surface area contributed by atoms with Crippen molar-refractivity contribution in [3.63, 3.8) is 0 Å². The Morgan fingerprint density at radius 3 is 2.83 bits per heavy atom. The molecule has 1 aromatic carbocycles. The standard InChI is InChI=1S/C21H26N6O2/c1-13-24-25-19-11-10-18(26-27(13)19)23-17-7-5-6-14-12-15(8-9-16(14)17)22-20(28)29-21(2,3)4/h8-12,17H,5-7H2,1-4H3,(H,22,28)(H,23,26). The number of hydrogen-bond acceptors (Lipinski definition) is 6. The van der Waals surface area contributed by atoms with Crippen molar-refractivity contribution in [2.75, 3.05) is 10.6 Å². The van der Waals surface area contributed by atoms with Crippen LogP contribution in [0.25, 0.3) is 5.65 Å². The van der Waals surface area contributed by atoms with E-state index >= 15 is 0 Å². The van der Waals surface area contributed by atoms with Gasteiger partial charge in [-0.15, -0.1) is 15.3 Å². The van der Waals surface area contributed by atoms with Gasteiger partial charge in [-0.25, -0.2) is 4.79 Å². The lowest BCUT2D eigenvalue weighted by Gasteiger charge is -2.27. The second-order valence-corrected chi connectivity index (χ2v) is 8.37. The highest BCUT2D eigenvalue weighted by atomic mass is 16.6. The maximum Gasteiger partial charge on any atom is 0.412 e. The summed E-state index contributed by atoms with van der Waals surface area (Å²) in [6, 6.07) is 10.0. The van der Waals surface area contributed by atoms with Crippen molar-refractivity contribution in [2.24, 2.45) is 0 Å². The van der Waals surface area contributed by atoms with Crippen LogP contribution in [0.1, 0.15) is 56.6 Å². The normalized spacial score (nSPS) is 16.3. The zero-order chi connectivity index (χ0) is 20.6. The van der Waals surface area contributed by atoms with Crippen molar-refractivity contribution < 1.29 is 9.53 Å². The minimum atomic E-state index is -0.523. The molecule has 4 rings (SSSR count). The molecule has 0 fully saturated rings. The number of hydrogen-bond donors (Lipinski definition) is 2. The Bertz CT molecular complexity index is 1050. The molecule has 1 amide bonds. The molecule has 0 radical (unpaired) electrons. The van der Waals surface area contributed by atoms with E-state index in [0.29, 0.717) is 0 Å². The Hall–Kier alpha value is -3.16. The van der Waals surface area contributed by atoms with E-state index in [1.807, 2.05) is 52.0 Å². The minimum Gasteiger partial charge on any atom is -0.444 e. The summed E-state index contributed by atoms with van der Waals surface area (Å²) in [6.07, 6.45) is 2.62. The third kappa shape index (κ3) is 4.31. The molecule has 0 bridgehead atoms. The van der Waals surface area contributed by atoms with Gasteiger partial charge in [-0.2, -0.15) is 4.52 Å². The molecule has 1 aliphatic carbocycles. The van der Waals surface area contributed by atoms with Gasteiger partial charge < -0.3 is 10.1 Å². The van der Waals surface area contributed by atoms with Crippen LogP contribution in [0, 0.1) is 6.92 Å². The van der Waals surface area contributed by atoms with E-state index in [2.05, 4.69) is 32.0 Å². The summed E-state index contributed by atoms with van der Waals surface area (Å²) in [4.78, 5) is 12.0. The summed E-state index contributed by atoms with van der Waals surface area (Å²) >= 11 is 0. The van der Waals surface area contributed by atoms with E-state index < -0.39 is 11.7 Å². The number of fused-ring (bicyclic) bond motifs is 2. The summed E-state index contributed by atoms with van der Waals surface area (Å²) in [5.74, 6) is 1.54. The Balaban J connectivity index is 1.51. The van der Waals surface area contributed by atoms with Gasteiger partial charge in [-0.05, 0) is 82.3 Å². The van der Waals surface area contributed by atoms with Crippen LogP contribution in [-0.4, -0.2) is 31.5 Å². The molecule has 1 unspecified atom stereocenters. The third-order valence-corrected chi connectivity index (χ3v) is 4.84. The molecule has 0 saturated heterocycles. The van der Waals surface area contributed by atoms with Crippen molar-refractivity contribution in [3.05, 3.63) is 47.3 Å². The van der Waals surface area contributed by atoms with Gasteiger partial charge in [0, 0.05) is 5.69 Å². The lowest BCUT2D eigenvalue weighted by atomic mass is 9.87. The van der Waals surface area contributed by atoms with E-state index in [0.717, 1.165) is 42.2 Å². The minimum absolute atomic E-state index is 0.163. The molecule has 8 heteroatoms. The van der Waals surface area contributed by atoms with Gasteiger partial charge in [0.25, 0.3) is 0 Å². The van der Waals surface area contributed by atoms with Crippen LogP contribution in [0.4, 0.5) is 16.3 Å². The molecule has 2 heterocycles. The molecule has 8 nitrogen and oxygen atoms in total. The molecule has 0 saturated carbocycles. The lowest BCUT2D eigenvalue weighted by molar-refractivity contribution is 0.0636. The number of aromatic nitrogens is 4. The predicted octanol–water partition coefficient (Wildman–Crippen LogP) is 4.27. The number of ether oxygens (including phenoxy) is 1. The van der Waals surface area contributed by atoms with Gasteiger partial charge in [0.15, 0.2) is 11.5 Å². The number of benzene rings is 1. The maximum absolute atomic E-state index is 12.0. The molecule has 2 aromatic heterocycles. The van der Waals surface area contributed by atoms with Crippen molar-refractivity contribution in [1.82, 2.24) is 19.8 Å². The third-order valence-electron chi connectivity index (χ3n) is 4.84. The number of nitrogens with one attached hydrogen (secondary N) is 2. The Morgan fingerprint density at radius 2 is 2.03 bits per heavy atom. The molecule has 152 valence electrons. The van der Waals surface area contributed by atoms with Gasteiger partial charge in [-0.3, -0.25) is 5.32 Å². The van der Waals surface area contributed by atoms with Gasteiger partial charge in [0.2, 0.25) is 0 Å². The number of aryl methyl sites for hydroxylation is 2. The molecule has 0 spiro atoms. The van der Waals surface area contributed by atoms with Crippen LogP contribution >= 0.6 is 0 Å². The maximum atomic E-state index is 12.0. The van der Waals surface area contributed by atoms with E-state index in [1.165, 1.54) is 11.1 Å². The number of nitrogens with zero attached hydrogens (tertiary/aromatic N) is 4. The zero-order valence-electron chi connectivity index (χ0n) is 17.2. The second-order valence-electron chi connectivity index (χ2n) is 8.37. The Kier molecular flexibility index (Phi) is 4.86. The van der Waals surface area contributed by atoms with Crippen molar-refractivity contribution in [3.8, 4) is 0 Å². The fourth-order valence-electron chi connectivity index (χ4n) is 3.62. The average Bonchev–Trinajstić information content (AvgIpc) is 3.01. The summed E-state index contributed by atoms with van der Waals surface area (Å²) in [5, 5.41) is 19.1. The fraction of sp³-hybridized carbons (Fsp3) is 0.429. The van der Waals surface area contributed by atoms with Gasteiger partial charge >= 0.3 is 6.09 Å². The number of carbonyl (C=O) groups is 1. The van der Waals surface area contributed by atoms with Crippen molar-refractivity contribution in [2.45, 2.75) is 58.6 Å². The number of rotatable bonds is 3. The molecule has 1 aliphatic rings. The second kappa shape index (κ2) is 7.35. The highest BCUT2D eigenvalue weighted by Gasteiger charge is 2.22. The predicted molar refractivity (Wildman–Crippen MR) is 111 cm³/mol. The van der Waals surface area contributed by atoms with Gasteiger partial charge in [0.05, 0.1) is 6.04 Å². The van der Waals surface area contributed by atoms with Crippen molar-refractivity contribution >= 4 is 23.2 Å². The monoisotopic (exact) mass is 394 g/mol. The van der Waals surface area contributed by atoms with Crippen LogP contribution in [-0.2, 0) is 11.2 Å². The van der Waals surface area contributed by atoms with E-state index in [4.69, 9.17) is 4.74 Å². The van der Waals surface area contributed by atoms with Gasteiger partial charge in [-0.1, -0.05) is 6.07 Å². The van der Waals surface area contributed by atoms with Crippen LogP contribution in [0.3, 0.4) is 0 Å². The van der Waals surface area contributed by atoms with E-state index in [-0.39, 0.29) is 6.04 Å². The quantitative estimate of drug-likeness (QED) is 0.689. The average molecular weight is 394 g/mol. The SMILES string of the molecule is Cc1nnc2ccc(NC3CCCc4cc(NC(=O)OC(C)(C)C)ccc43)nn12. The molecular formula is C21H26N6O2. The van der Waals surface area contributed by atoms with Crippen LogP contribution in [0.5, 0.6) is 0 Å². The highest BCUT2D eigenvalue weighted by Crippen LogP contribution is 2.33. The molecular weight excluding hydrogens is 368 g/mol. The number of amides is 1. The van der Waals surface area contributed by atoms with Gasteiger partial charge in [0.1, 0.15) is 11.4 Å². The Morgan fingerprint density at radius 1 is 1.21 bits per heavy atom. The molecule has 29 heavy (non-hydrogen) atoms. The zero-order valence-corrected chi connectivity index (χ0v) is 17.2. The topological polar surface area (TPSA) is 93.4 Å². The number of anilines is 2. The largest absolute Gasteiger partial charge is 0.444 e. The van der Waals surface area contributed by atoms with Crippen LogP contribution in [0.15, 0.2) is 30.3 Å². The van der Waals surface area contributed by atoms with Crippen LogP contribution < -0.4 is 10.6 Å². The smallest absolute Gasteiger partial charge is 0.412 e. The van der Waals surface area contributed by atoms with Crippen molar-refractivity contribution in [1.29, 1.82) is 0 Å². The molecule has 3 aromatic rings. The first kappa shape index (κ1) is 19.2. The van der Waals surface area contributed by atoms with Crippen LogP contribution in [0.2, 0.25) is 0 Å². The highest BCUT2D eigenvalue weighted by molar-refractivity contribution is 5.85. The first-order valence-corrected chi connectivity index (χ1v) is 9.87. The molecule has 2 N–H and O–H groups in total. The summed E-state index contributed by atoms with van der Waals surface area (Å²) in [5.41, 5.74) is 3.41. The summed E-state index contributed by atoms with van der Waals surface area (Å²) in [6.45, 7) is 7.43. The summed E-state index contributed by atoms with van der Waals surface area (Å²) in [7, 11) is 0. The summed E-state index contributed by atoms with van der Waals surface area (Å²) < 4.78 is 7.08. The molecule has 0 aliphatic heterocycles. The first-order valence-electron chi connectivity index (χ1n) is 9.87. The van der Waals surface area contributed by atoms with E-state index in [1.54, 1.807) is 4.52 Å². The fourth-order valence-corrected chi connectivity index (χ4v) is 3.62. The van der Waals surface area contributed by atoms with E-state index in [9.17, 15) is 4.79 Å². The lowest BCUT2D eigenvalue weighted by Crippen LogP contribution is -2.27. The first-order chi connectivity index (χ1) is 13.8.